The van der Waals surface area contributed by atoms with Gasteiger partial charge in [0, 0.05) is 6.04 Å². The Balaban J connectivity index is 2.04. The summed E-state index contributed by atoms with van der Waals surface area (Å²) in [5.74, 6) is -0.345. The number of hydrogen-bond acceptors (Lipinski definition) is 4. The summed E-state index contributed by atoms with van der Waals surface area (Å²) in [6.07, 6.45) is 3.88. The van der Waals surface area contributed by atoms with E-state index in [-0.39, 0.29) is 24.7 Å². The Labute approximate surface area is 113 Å². The van der Waals surface area contributed by atoms with Gasteiger partial charge in [0.1, 0.15) is 0 Å². The number of aliphatic hydroxyl groups is 1. The number of benzene rings is 1. The van der Waals surface area contributed by atoms with E-state index < -0.39 is 0 Å². The van der Waals surface area contributed by atoms with E-state index in [4.69, 9.17) is 4.84 Å². The topological polar surface area (TPSA) is 49.8 Å². The zero-order valence-corrected chi connectivity index (χ0v) is 11.3. The first kappa shape index (κ1) is 14.0. The molecule has 104 valence electrons. The van der Waals surface area contributed by atoms with Crippen LogP contribution in [0.4, 0.5) is 0 Å². The van der Waals surface area contributed by atoms with Crippen molar-refractivity contribution in [3.8, 4) is 0 Å². The number of carbonyl (C=O) groups excluding carboxylic acids is 1. The monoisotopic (exact) mass is 263 g/mol. The molecule has 1 saturated heterocycles. The molecule has 19 heavy (non-hydrogen) atoms. The molecule has 4 nitrogen and oxygen atoms in total. The maximum absolute atomic E-state index is 12.1. The molecule has 0 spiro atoms. The van der Waals surface area contributed by atoms with Gasteiger partial charge in [-0.25, -0.2) is 4.79 Å². The molecule has 0 bridgehead atoms. The second-order valence-corrected chi connectivity index (χ2v) is 4.96. The van der Waals surface area contributed by atoms with E-state index in [1.807, 2.05) is 18.2 Å². The van der Waals surface area contributed by atoms with Crippen LogP contribution in [-0.2, 0) is 4.84 Å². The van der Waals surface area contributed by atoms with Gasteiger partial charge < -0.3 is 9.94 Å². The lowest BCUT2D eigenvalue weighted by Gasteiger charge is -2.27. The van der Waals surface area contributed by atoms with Crippen molar-refractivity contribution in [2.75, 3.05) is 6.61 Å². The minimum absolute atomic E-state index is 0.0300. The molecule has 1 aromatic carbocycles. The van der Waals surface area contributed by atoms with E-state index in [2.05, 4.69) is 6.92 Å². The zero-order valence-electron chi connectivity index (χ0n) is 11.3. The highest BCUT2D eigenvalue weighted by Gasteiger charge is 2.35. The Morgan fingerprint density at radius 1 is 1.32 bits per heavy atom. The quantitative estimate of drug-likeness (QED) is 0.886. The normalized spacial score (nSPS) is 23.5. The van der Waals surface area contributed by atoms with Crippen molar-refractivity contribution < 1.29 is 14.7 Å². The van der Waals surface area contributed by atoms with Crippen LogP contribution in [0.3, 0.4) is 0 Å². The van der Waals surface area contributed by atoms with Crippen LogP contribution < -0.4 is 0 Å². The van der Waals surface area contributed by atoms with Crippen LogP contribution in [0.5, 0.6) is 0 Å². The smallest absolute Gasteiger partial charge is 0.357 e. The fourth-order valence-corrected chi connectivity index (χ4v) is 2.59. The standard InChI is InChI=1S/C15H21NO3/c1-2-6-13-9-10-14(11-17)16(13)19-15(18)12-7-4-3-5-8-12/h3-5,7-8,13-14,17H,2,6,9-11H2,1H3/t13-,14-/m1/s1. The molecule has 0 saturated carbocycles. The molecule has 1 fully saturated rings. The number of aliphatic hydroxyl groups excluding tert-OH is 1. The van der Waals surface area contributed by atoms with Gasteiger partial charge in [-0.1, -0.05) is 31.5 Å². The average molecular weight is 263 g/mol. The van der Waals surface area contributed by atoms with Crippen LogP contribution in [-0.4, -0.2) is 34.8 Å². The third-order valence-electron chi connectivity index (χ3n) is 3.58. The molecule has 1 heterocycles. The highest BCUT2D eigenvalue weighted by molar-refractivity contribution is 5.89. The van der Waals surface area contributed by atoms with Crippen molar-refractivity contribution in [3.63, 3.8) is 0 Å². The molecule has 2 rings (SSSR count). The molecule has 0 aliphatic carbocycles. The lowest BCUT2D eigenvalue weighted by atomic mass is 10.1. The summed E-state index contributed by atoms with van der Waals surface area (Å²) in [6.45, 7) is 2.14. The van der Waals surface area contributed by atoms with Gasteiger partial charge in [-0.05, 0) is 31.4 Å². The molecular weight excluding hydrogens is 242 g/mol. The van der Waals surface area contributed by atoms with Gasteiger partial charge in [-0.15, -0.1) is 5.06 Å². The molecule has 0 unspecified atom stereocenters. The van der Waals surface area contributed by atoms with Crippen molar-refractivity contribution >= 4 is 5.97 Å². The number of carbonyl (C=O) groups is 1. The van der Waals surface area contributed by atoms with Gasteiger partial charge in [0.2, 0.25) is 0 Å². The van der Waals surface area contributed by atoms with Crippen LogP contribution in [0, 0.1) is 0 Å². The number of nitrogens with zero attached hydrogens (tertiary/aromatic N) is 1. The molecular formula is C15H21NO3. The summed E-state index contributed by atoms with van der Waals surface area (Å²) in [7, 11) is 0. The van der Waals surface area contributed by atoms with Crippen LogP contribution in [0.2, 0.25) is 0 Å². The fourth-order valence-electron chi connectivity index (χ4n) is 2.59. The third kappa shape index (κ3) is 3.33. The molecule has 1 aliphatic heterocycles. The van der Waals surface area contributed by atoms with Gasteiger partial charge in [0.25, 0.3) is 0 Å². The van der Waals surface area contributed by atoms with Crippen LogP contribution in [0.25, 0.3) is 0 Å². The first-order valence-electron chi connectivity index (χ1n) is 6.92. The Morgan fingerprint density at radius 2 is 2.00 bits per heavy atom. The van der Waals surface area contributed by atoms with Crippen molar-refractivity contribution in [3.05, 3.63) is 35.9 Å². The SMILES string of the molecule is CCC[C@@H]1CC[C@H](CO)N1OC(=O)c1ccccc1. The summed E-state index contributed by atoms with van der Waals surface area (Å²) in [4.78, 5) is 17.6. The van der Waals surface area contributed by atoms with E-state index in [1.54, 1.807) is 17.2 Å². The number of hydroxylamine groups is 2. The van der Waals surface area contributed by atoms with E-state index in [0.29, 0.717) is 5.56 Å². The van der Waals surface area contributed by atoms with E-state index in [0.717, 1.165) is 25.7 Å². The fraction of sp³-hybridized carbons (Fsp3) is 0.533. The minimum Gasteiger partial charge on any atom is -0.395 e. The Morgan fingerprint density at radius 3 is 2.63 bits per heavy atom. The van der Waals surface area contributed by atoms with Crippen molar-refractivity contribution in [2.24, 2.45) is 0 Å². The highest BCUT2D eigenvalue weighted by Crippen LogP contribution is 2.27. The predicted molar refractivity (Wildman–Crippen MR) is 72.5 cm³/mol. The van der Waals surface area contributed by atoms with Gasteiger partial charge in [0.05, 0.1) is 18.2 Å². The average Bonchev–Trinajstić information content (AvgIpc) is 2.82. The predicted octanol–water partition coefficient (Wildman–Crippen LogP) is 2.38. The van der Waals surface area contributed by atoms with Crippen molar-refractivity contribution in [2.45, 2.75) is 44.7 Å². The zero-order chi connectivity index (χ0) is 13.7. The Kier molecular flexibility index (Phi) is 4.93. The largest absolute Gasteiger partial charge is 0.395 e. The second-order valence-electron chi connectivity index (χ2n) is 4.96. The minimum atomic E-state index is -0.345. The lowest BCUT2D eigenvalue weighted by Crippen LogP contribution is -2.39. The number of hydrogen-bond donors (Lipinski definition) is 1. The molecule has 0 amide bonds. The Hall–Kier alpha value is -1.39. The molecule has 1 aliphatic rings. The first-order chi connectivity index (χ1) is 9.26. The van der Waals surface area contributed by atoms with Gasteiger partial charge in [-0.3, -0.25) is 0 Å². The van der Waals surface area contributed by atoms with Crippen LogP contribution in [0.1, 0.15) is 43.0 Å². The van der Waals surface area contributed by atoms with Crippen LogP contribution in [0.15, 0.2) is 30.3 Å². The highest BCUT2D eigenvalue weighted by atomic mass is 16.7. The molecule has 1 aromatic rings. The first-order valence-corrected chi connectivity index (χ1v) is 6.92. The van der Waals surface area contributed by atoms with Gasteiger partial charge >= 0.3 is 5.97 Å². The summed E-state index contributed by atoms with van der Waals surface area (Å²) in [5, 5.41) is 11.1. The molecule has 1 N–H and O–H groups in total. The summed E-state index contributed by atoms with van der Waals surface area (Å²) in [5.41, 5.74) is 0.543. The van der Waals surface area contributed by atoms with Crippen LogP contribution >= 0.6 is 0 Å². The van der Waals surface area contributed by atoms with E-state index >= 15 is 0 Å². The molecule has 2 atom stereocenters. The van der Waals surface area contributed by atoms with E-state index in [1.165, 1.54) is 0 Å². The summed E-state index contributed by atoms with van der Waals surface area (Å²) < 4.78 is 0. The van der Waals surface area contributed by atoms with Gasteiger partial charge in [0.15, 0.2) is 0 Å². The Bertz CT molecular complexity index is 407. The maximum Gasteiger partial charge on any atom is 0.357 e. The van der Waals surface area contributed by atoms with Crippen molar-refractivity contribution in [1.82, 2.24) is 5.06 Å². The van der Waals surface area contributed by atoms with E-state index in [9.17, 15) is 9.90 Å². The summed E-state index contributed by atoms with van der Waals surface area (Å²) >= 11 is 0. The lowest BCUT2D eigenvalue weighted by molar-refractivity contribution is -0.152. The second kappa shape index (κ2) is 6.68. The van der Waals surface area contributed by atoms with Crippen molar-refractivity contribution in [1.29, 1.82) is 0 Å². The molecule has 0 radical (unpaired) electrons. The maximum atomic E-state index is 12.1. The molecule has 0 aromatic heterocycles. The number of rotatable bonds is 5. The third-order valence-corrected chi connectivity index (χ3v) is 3.58. The molecule has 4 heteroatoms. The summed E-state index contributed by atoms with van der Waals surface area (Å²) in [6, 6.07) is 9.13. The van der Waals surface area contributed by atoms with Gasteiger partial charge in [-0.2, -0.15) is 0 Å².